The normalized spacial score (nSPS) is 13.9. The summed E-state index contributed by atoms with van der Waals surface area (Å²) in [6.45, 7) is 1.88. The zero-order valence-electron chi connectivity index (χ0n) is 17.2. The predicted octanol–water partition coefficient (Wildman–Crippen LogP) is 3.71. The van der Waals surface area contributed by atoms with E-state index in [9.17, 15) is 4.79 Å². The van der Waals surface area contributed by atoms with Gasteiger partial charge in [-0.05, 0) is 61.9 Å². The summed E-state index contributed by atoms with van der Waals surface area (Å²) in [7, 11) is 1.60. The minimum atomic E-state index is -0.626. The molecule has 3 aromatic rings. The lowest BCUT2D eigenvalue weighted by molar-refractivity contribution is -0.127. The lowest BCUT2D eigenvalue weighted by Gasteiger charge is -2.21. The number of methoxy groups -OCH3 is 1. The zero-order valence-corrected chi connectivity index (χ0v) is 17.2. The molecule has 0 spiro atoms. The van der Waals surface area contributed by atoms with Crippen molar-refractivity contribution in [2.45, 2.75) is 45.3 Å². The third-order valence-corrected chi connectivity index (χ3v) is 5.24. The number of benzene rings is 2. The van der Waals surface area contributed by atoms with Crippen molar-refractivity contribution in [3.8, 4) is 22.9 Å². The van der Waals surface area contributed by atoms with Crippen LogP contribution in [-0.4, -0.2) is 29.3 Å². The van der Waals surface area contributed by atoms with Crippen molar-refractivity contribution in [2.24, 2.45) is 0 Å². The Hall–Kier alpha value is -3.35. The summed E-state index contributed by atoms with van der Waals surface area (Å²) in [5.74, 6) is 2.04. The zero-order chi connectivity index (χ0) is 20.9. The number of hydrogen-bond acceptors (Lipinski definition) is 6. The van der Waals surface area contributed by atoms with Crippen LogP contribution in [0.3, 0.4) is 0 Å². The Morgan fingerprint density at radius 2 is 2.03 bits per heavy atom. The summed E-state index contributed by atoms with van der Waals surface area (Å²) < 4.78 is 16.4. The number of carbonyl (C=O) groups is 1. The molecule has 1 amide bonds. The third kappa shape index (κ3) is 4.45. The number of aryl methyl sites for hydroxylation is 1. The Bertz CT molecular complexity index is 1030. The number of carbonyl (C=O) groups excluding carboxylic acids is 1. The fourth-order valence-electron chi connectivity index (χ4n) is 3.61. The Labute approximate surface area is 175 Å². The monoisotopic (exact) mass is 407 g/mol. The van der Waals surface area contributed by atoms with Crippen LogP contribution in [0.5, 0.6) is 11.5 Å². The molecule has 0 radical (unpaired) electrons. The fourth-order valence-corrected chi connectivity index (χ4v) is 3.61. The van der Waals surface area contributed by atoms with Gasteiger partial charge in [0.1, 0.15) is 11.5 Å². The van der Waals surface area contributed by atoms with Gasteiger partial charge in [0.25, 0.3) is 5.91 Å². The van der Waals surface area contributed by atoms with Gasteiger partial charge in [-0.3, -0.25) is 4.79 Å². The molecule has 0 bridgehead atoms. The summed E-state index contributed by atoms with van der Waals surface area (Å²) in [6, 6.07) is 13.5. The van der Waals surface area contributed by atoms with E-state index in [2.05, 4.69) is 21.5 Å². The molecule has 1 heterocycles. The molecule has 1 aromatic heterocycles. The van der Waals surface area contributed by atoms with Crippen molar-refractivity contribution >= 4 is 5.91 Å². The average molecular weight is 407 g/mol. The standard InChI is InChI=1S/C23H25N3O4/c1-15(29-20-12-6-8-16-7-3-4-11-19(16)20)23(27)24-14-21-25-22(26-30-21)17-9-5-10-18(13-17)28-2/h5-6,8-10,12-13,15H,3-4,7,11,14H2,1-2H3,(H,24,27). The first kappa shape index (κ1) is 19.9. The highest BCUT2D eigenvalue weighted by Gasteiger charge is 2.20. The second-order valence-electron chi connectivity index (χ2n) is 7.32. The summed E-state index contributed by atoms with van der Waals surface area (Å²) in [4.78, 5) is 16.8. The number of amides is 1. The highest BCUT2D eigenvalue weighted by molar-refractivity contribution is 5.80. The third-order valence-electron chi connectivity index (χ3n) is 5.24. The van der Waals surface area contributed by atoms with Crippen LogP contribution < -0.4 is 14.8 Å². The summed E-state index contributed by atoms with van der Waals surface area (Å²) >= 11 is 0. The van der Waals surface area contributed by atoms with Crippen molar-refractivity contribution in [2.75, 3.05) is 7.11 Å². The van der Waals surface area contributed by atoms with E-state index in [1.54, 1.807) is 14.0 Å². The molecule has 4 rings (SSSR count). The maximum absolute atomic E-state index is 12.5. The van der Waals surface area contributed by atoms with Crippen LogP contribution in [0.15, 0.2) is 47.0 Å². The van der Waals surface area contributed by atoms with Crippen molar-refractivity contribution in [1.82, 2.24) is 15.5 Å². The molecular weight excluding hydrogens is 382 g/mol. The van der Waals surface area contributed by atoms with Gasteiger partial charge in [0.05, 0.1) is 13.7 Å². The van der Waals surface area contributed by atoms with Crippen LogP contribution in [-0.2, 0) is 24.2 Å². The number of nitrogens with one attached hydrogen (secondary N) is 1. The van der Waals surface area contributed by atoms with Crippen LogP contribution in [0.4, 0.5) is 0 Å². The maximum atomic E-state index is 12.5. The van der Waals surface area contributed by atoms with Gasteiger partial charge >= 0.3 is 0 Å². The van der Waals surface area contributed by atoms with Gasteiger partial charge < -0.3 is 19.3 Å². The van der Waals surface area contributed by atoms with Crippen LogP contribution in [0.1, 0.15) is 36.8 Å². The summed E-state index contributed by atoms with van der Waals surface area (Å²) in [5, 5.41) is 6.78. The molecule has 156 valence electrons. The fraction of sp³-hybridized carbons (Fsp3) is 0.348. The van der Waals surface area contributed by atoms with Crippen molar-refractivity contribution in [1.29, 1.82) is 0 Å². The SMILES string of the molecule is COc1cccc(-c2noc(CNC(=O)C(C)Oc3cccc4c3CCCC4)n2)c1. The van der Waals surface area contributed by atoms with E-state index >= 15 is 0 Å². The first-order valence-electron chi connectivity index (χ1n) is 10.2. The van der Waals surface area contributed by atoms with Gasteiger partial charge in [0, 0.05) is 5.56 Å². The molecule has 0 saturated heterocycles. The smallest absolute Gasteiger partial charge is 0.261 e. The van der Waals surface area contributed by atoms with Crippen molar-refractivity contribution in [3.63, 3.8) is 0 Å². The largest absolute Gasteiger partial charge is 0.497 e. The number of nitrogens with zero attached hydrogens (tertiary/aromatic N) is 2. The van der Waals surface area contributed by atoms with Crippen LogP contribution in [0.25, 0.3) is 11.4 Å². The average Bonchev–Trinajstić information content (AvgIpc) is 3.27. The lowest BCUT2D eigenvalue weighted by atomic mass is 9.91. The first-order valence-corrected chi connectivity index (χ1v) is 10.2. The molecule has 0 fully saturated rings. The van der Waals surface area contributed by atoms with Gasteiger partial charge in [-0.1, -0.05) is 29.4 Å². The molecule has 7 heteroatoms. The minimum Gasteiger partial charge on any atom is -0.497 e. The quantitative estimate of drug-likeness (QED) is 0.643. The minimum absolute atomic E-state index is 0.135. The number of fused-ring (bicyclic) bond motifs is 1. The van der Waals surface area contributed by atoms with E-state index in [-0.39, 0.29) is 12.5 Å². The Morgan fingerprint density at radius 3 is 2.90 bits per heavy atom. The summed E-state index contributed by atoms with van der Waals surface area (Å²) in [5.41, 5.74) is 3.33. The van der Waals surface area contributed by atoms with Crippen molar-refractivity contribution in [3.05, 3.63) is 59.5 Å². The van der Waals surface area contributed by atoms with E-state index in [1.165, 1.54) is 17.5 Å². The van der Waals surface area contributed by atoms with Crippen LogP contribution >= 0.6 is 0 Å². The molecule has 0 saturated carbocycles. The topological polar surface area (TPSA) is 86.5 Å². The molecule has 2 aromatic carbocycles. The van der Waals surface area contributed by atoms with Gasteiger partial charge in [-0.15, -0.1) is 0 Å². The Kier molecular flexibility index (Phi) is 5.97. The van der Waals surface area contributed by atoms with Gasteiger partial charge in [0.2, 0.25) is 11.7 Å². The summed E-state index contributed by atoms with van der Waals surface area (Å²) in [6.07, 6.45) is 3.79. The molecule has 30 heavy (non-hydrogen) atoms. The Balaban J connectivity index is 1.35. The van der Waals surface area contributed by atoms with E-state index in [0.717, 1.165) is 30.6 Å². The molecule has 1 unspecified atom stereocenters. The highest BCUT2D eigenvalue weighted by atomic mass is 16.5. The predicted molar refractivity (Wildman–Crippen MR) is 111 cm³/mol. The molecule has 1 atom stereocenters. The van der Waals surface area contributed by atoms with Gasteiger partial charge in [0.15, 0.2) is 6.10 Å². The second kappa shape index (κ2) is 8.98. The maximum Gasteiger partial charge on any atom is 0.261 e. The van der Waals surface area contributed by atoms with Gasteiger partial charge in [-0.2, -0.15) is 4.98 Å². The van der Waals surface area contributed by atoms with E-state index in [0.29, 0.717) is 17.5 Å². The Morgan fingerprint density at radius 1 is 1.20 bits per heavy atom. The molecule has 1 aliphatic rings. The lowest BCUT2D eigenvalue weighted by Crippen LogP contribution is -2.36. The highest BCUT2D eigenvalue weighted by Crippen LogP contribution is 2.30. The number of hydrogen-bond donors (Lipinski definition) is 1. The van der Waals surface area contributed by atoms with Crippen molar-refractivity contribution < 1.29 is 18.8 Å². The molecular formula is C23H25N3O4. The number of rotatable bonds is 7. The molecule has 7 nitrogen and oxygen atoms in total. The first-order chi connectivity index (χ1) is 14.6. The number of aromatic nitrogens is 2. The van der Waals surface area contributed by atoms with Gasteiger partial charge in [-0.25, -0.2) is 0 Å². The van der Waals surface area contributed by atoms with Crippen LogP contribution in [0.2, 0.25) is 0 Å². The molecule has 1 N–H and O–H groups in total. The number of ether oxygens (including phenoxy) is 2. The van der Waals surface area contributed by atoms with E-state index < -0.39 is 6.10 Å². The van der Waals surface area contributed by atoms with E-state index in [4.69, 9.17) is 14.0 Å². The van der Waals surface area contributed by atoms with E-state index in [1.807, 2.05) is 36.4 Å². The second-order valence-corrected chi connectivity index (χ2v) is 7.32. The molecule has 1 aliphatic carbocycles. The van der Waals surface area contributed by atoms with Crippen LogP contribution in [0, 0.1) is 0 Å². The molecule has 0 aliphatic heterocycles.